The number of benzene rings is 2. The lowest BCUT2D eigenvalue weighted by Gasteiger charge is -2.11. The third-order valence-electron chi connectivity index (χ3n) is 4.23. The molecule has 1 aliphatic heterocycles. The van der Waals surface area contributed by atoms with Crippen LogP contribution in [0.2, 0.25) is 0 Å². The van der Waals surface area contributed by atoms with Crippen molar-refractivity contribution in [2.24, 2.45) is 4.99 Å². The molecule has 2 aromatic rings. The molecule has 0 atom stereocenters. The van der Waals surface area contributed by atoms with E-state index >= 15 is 0 Å². The molecule has 0 radical (unpaired) electrons. The molecule has 5 nitrogen and oxygen atoms in total. The van der Waals surface area contributed by atoms with Crippen molar-refractivity contribution in [3.05, 3.63) is 88.8 Å². The maximum absolute atomic E-state index is 11.5. The summed E-state index contributed by atoms with van der Waals surface area (Å²) in [5.74, 6) is 1.00. The molecular weight excluding hydrogens is 316 g/mol. The first-order chi connectivity index (χ1) is 12.3. The molecule has 0 saturated heterocycles. The van der Waals surface area contributed by atoms with Gasteiger partial charge in [-0.05, 0) is 43.2 Å². The largest absolute Gasteiger partial charge is 0.455 e. The van der Waals surface area contributed by atoms with Crippen molar-refractivity contribution in [1.82, 2.24) is 5.48 Å². The van der Waals surface area contributed by atoms with Crippen LogP contribution in [0, 0.1) is 0 Å². The van der Waals surface area contributed by atoms with Crippen LogP contribution in [0.15, 0.2) is 77.1 Å². The molecule has 0 unspecified atom stereocenters. The van der Waals surface area contributed by atoms with Gasteiger partial charge in [-0.2, -0.15) is 0 Å². The molecule has 2 aliphatic rings. The highest BCUT2D eigenvalue weighted by Crippen LogP contribution is 2.32. The summed E-state index contributed by atoms with van der Waals surface area (Å²) in [6, 6.07) is 14.8. The van der Waals surface area contributed by atoms with E-state index in [1.807, 2.05) is 42.5 Å². The fraction of sp³-hybridized carbons (Fsp3) is 0.100. The van der Waals surface area contributed by atoms with Gasteiger partial charge in [-0.3, -0.25) is 10.0 Å². The van der Waals surface area contributed by atoms with Gasteiger partial charge in [-0.15, -0.1) is 0 Å². The Morgan fingerprint density at radius 2 is 1.92 bits per heavy atom. The number of nitrogens with zero attached hydrogens (tertiary/aromatic N) is 1. The summed E-state index contributed by atoms with van der Waals surface area (Å²) < 4.78 is 6.07. The molecule has 0 bridgehead atoms. The standard InChI is InChI=1S/C20H16N2O3/c23-20(22-24)14-11-9-13(10-12-14)19-15-5-1-3-7-17(15)25-18-8-4-2-6-16(18)21-19/h1,3-5,7-12,24H,2,6H2,(H,22,23). The van der Waals surface area contributed by atoms with Crippen molar-refractivity contribution in [1.29, 1.82) is 0 Å². The number of fused-ring (bicyclic) bond motifs is 1. The summed E-state index contributed by atoms with van der Waals surface area (Å²) in [6.07, 6.45) is 5.82. The van der Waals surface area contributed by atoms with Crippen molar-refractivity contribution in [2.45, 2.75) is 12.8 Å². The Morgan fingerprint density at radius 3 is 2.72 bits per heavy atom. The first-order valence-corrected chi connectivity index (χ1v) is 8.07. The topological polar surface area (TPSA) is 70.9 Å². The number of carbonyl (C=O) groups is 1. The van der Waals surface area contributed by atoms with E-state index < -0.39 is 5.91 Å². The summed E-state index contributed by atoms with van der Waals surface area (Å²) in [5.41, 5.74) is 5.54. The molecule has 1 amide bonds. The minimum Gasteiger partial charge on any atom is -0.455 e. The first-order valence-electron chi connectivity index (χ1n) is 8.07. The molecule has 2 aromatic carbocycles. The molecule has 1 aliphatic carbocycles. The quantitative estimate of drug-likeness (QED) is 0.652. The maximum atomic E-state index is 11.5. The number of allylic oxidation sites excluding steroid dienone is 3. The Labute approximate surface area is 144 Å². The average Bonchev–Trinajstić information content (AvgIpc) is 2.84. The van der Waals surface area contributed by atoms with Gasteiger partial charge < -0.3 is 4.74 Å². The van der Waals surface area contributed by atoms with Crippen LogP contribution in [0.3, 0.4) is 0 Å². The third-order valence-corrected chi connectivity index (χ3v) is 4.23. The Balaban J connectivity index is 1.83. The van der Waals surface area contributed by atoms with Crippen molar-refractivity contribution >= 4 is 11.6 Å². The zero-order valence-corrected chi connectivity index (χ0v) is 13.4. The summed E-state index contributed by atoms with van der Waals surface area (Å²) in [5, 5.41) is 8.75. The Morgan fingerprint density at radius 1 is 1.12 bits per heavy atom. The molecule has 124 valence electrons. The maximum Gasteiger partial charge on any atom is 0.274 e. The highest BCUT2D eigenvalue weighted by Gasteiger charge is 2.21. The highest BCUT2D eigenvalue weighted by atomic mass is 16.5. The predicted molar refractivity (Wildman–Crippen MR) is 93.8 cm³/mol. The van der Waals surface area contributed by atoms with Crippen LogP contribution in [-0.2, 0) is 0 Å². The molecule has 0 fully saturated rings. The number of nitrogens with one attached hydrogen (secondary N) is 1. The fourth-order valence-corrected chi connectivity index (χ4v) is 2.96. The predicted octanol–water partition coefficient (Wildman–Crippen LogP) is 3.60. The summed E-state index contributed by atoms with van der Waals surface area (Å²) in [4.78, 5) is 16.4. The smallest absolute Gasteiger partial charge is 0.274 e. The lowest BCUT2D eigenvalue weighted by atomic mass is 10.00. The van der Waals surface area contributed by atoms with Crippen LogP contribution in [0.1, 0.15) is 34.3 Å². The number of hydrogen-bond acceptors (Lipinski definition) is 4. The Bertz CT molecular complexity index is 924. The first kappa shape index (κ1) is 15.4. The van der Waals surface area contributed by atoms with Gasteiger partial charge in [0, 0.05) is 16.7 Å². The van der Waals surface area contributed by atoms with Gasteiger partial charge in [0.05, 0.1) is 11.4 Å². The summed E-state index contributed by atoms with van der Waals surface area (Å²) in [6.45, 7) is 0. The number of hydrogen-bond donors (Lipinski definition) is 2. The van der Waals surface area contributed by atoms with E-state index in [1.54, 1.807) is 17.6 Å². The van der Waals surface area contributed by atoms with Crippen molar-refractivity contribution < 1.29 is 14.7 Å². The van der Waals surface area contributed by atoms with Crippen LogP contribution in [0.4, 0.5) is 0 Å². The zero-order valence-electron chi connectivity index (χ0n) is 13.4. The number of aliphatic imine (C=N–C) groups is 1. The molecule has 2 N–H and O–H groups in total. The molecule has 25 heavy (non-hydrogen) atoms. The van der Waals surface area contributed by atoms with Gasteiger partial charge in [0.25, 0.3) is 5.91 Å². The van der Waals surface area contributed by atoms with Crippen molar-refractivity contribution in [2.75, 3.05) is 0 Å². The van der Waals surface area contributed by atoms with Crippen LogP contribution in [-0.4, -0.2) is 16.8 Å². The molecular formula is C20H16N2O3. The van der Waals surface area contributed by atoms with Gasteiger partial charge in [-0.25, -0.2) is 10.5 Å². The number of para-hydroxylation sites is 1. The molecule has 0 spiro atoms. The van der Waals surface area contributed by atoms with Gasteiger partial charge in [0.15, 0.2) is 0 Å². The molecule has 1 heterocycles. The molecule has 0 saturated carbocycles. The number of hydroxylamine groups is 1. The van der Waals surface area contributed by atoms with Crippen molar-refractivity contribution in [3.8, 4) is 5.75 Å². The molecule has 0 aromatic heterocycles. The number of ether oxygens (including phenoxy) is 1. The summed E-state index contributed by atoms with van der Waals surface area (Å²) in [7, 11) is 0. The number of carbonyl (C=O) groups excluding carboxylic acids is 1. The average molecular weight is 332 g/mol. The third kappa shape index (κ3) is 2.86. The Hall–Kier alpha value is -3.18. The number of amides is 1. The van der Waals surface area contributed by atoms with E-state index in [9.17, 15) is 4.79 Å². The molecule has 4 rings (SSSR count). The van der Waals surface area contributed by atoms with Gasteiger partial charge in [0.2, 0.25) is 0 Å². The van der Waals surface area contributed by atoms with E-state index in [1.165, 1.54) is 0 Å². The highest BCUT2D eigenvalue weighted by molar-refractivity contribution is 6.15. The summed E-state index contributed by atoms with van der Waals surface area (Å²) >= 11 is 0. The van der Waals surface area contributed by atoms with Gasteiger partial charge in [-0.1, -0.05) is 30.3 Å². The van der Waals surface area contributed by atoms with Crippen LogP contribution in [0.5, 0.6) is 5.75 Å². The van der Waals surface area contributed by atoms with E-state index in [0.29, 0.717) is 5.56 Å². The molecule has 5 heteroatoms. The van der Waals surface area contributed by atoms with Crippen LogP contribution >= 0.6 is 0 Å². The lowest BCUT2D eigenvalue weighted by molar-refractivity contribution is 0.0706. The van der Waals surface area contributed by atoms with Crippen LogP contribution in [0.25, 0.3) is 0 Å². The van der Waals surface area contributed by atoms with Gasteiger partial charge in [0.1, 0.15) is 11.5 Å². The van der Waals surface area contributed by atoms with Crippen LogP contribution < -0.4 is 10.2 Å². The van der Waals surface area contributed by atoms with E-state index in [2.05, 4.69) is 6.08 Å². The monoisotopic (exact) mass is 332 g/mol. The Kier molecular flexibility index (Phi) is 3.91. The fourth-order valence-electron chi connectivity index (χ4n) is 2.96. The van der Waals surface area contributed by atoms with Gasteiger partial charge >= 0.3 is 0 Å². The van der Waals surface area contributed by atoms with E-state index in [-0.39, 0.29) is 0 Å². The second kappa shape index (κ2) is 6.37. The minimum atomic E-state index is -0.541. The van der Waals surface area contributed by atoms with E-state index in [4.69, 9.17) is 14.9 Å². The second-order valence-electron chi connectivity index (χ2n) is 5.83. The normalized spacial score (nSPS) is 15.5. The SMILES string of the molecule is O=C(NO)c1ccc(C2=NC3=C(C=CCC3)Oc3ccccc32)cc1. The number of rotatable bonds is 2. The van der Waals surface area contributed by atoms with E-state index in [0.717, 1.165) is 46.9 Å². The second-order valence-corrected chi connectivity index (χ2v) is 5.83. The minimum absolute atomic E-state index is 0.380. The zero-order chi connectivity index (χ0) is 17.2. The van der Waals surface area contributed by atoms with Crippen molar-refractivity contribution in [3.63, 3.8) is 0 Å². The lowest BCUT2D eigenvalue weighted by Crippen LogP contribution is -2.18.